The van der Waals surface area contributed by atoms with E-state index in [2.05, 4.69) is 15.4 Å². The largest absolute Gasteiger partial charge is 0.332 e. The van der Waals surface area contributed by atoms with Crippen molar-refractivity contribution in [2.45, 2.75) is 12.5 Å². The van der Waals surface area contributed by atoms with Crippen molar-refractivity contribution in [3.63, 3.8) is 0 Å². The summed E-state index contributed by atoms with van der Waals surface area (Å²) in [5.41, 5.74) is 7.73. The van der Waals surface area contributed by atoms with Crippen molar-refractivity contribution in [1.82, 2.24) is 20.3 Å². The fraction of sp³-hybridized carbons (Fsp3) is 0.400. The van der Waals surface area contributed by atoms with Crippen LogP contribution in [0.15, 0.2) is 30.3 Å². The summed E-state index contributed by atoms with van der Waals surface area (Å²) in [4.78, 5) is 14.7. The predicted molar refractivity (Wildman–Crippen MR) is 77.3 cm³/mol. The highest BCUT2D eigenvalue weighted by Crippen LogP contribution is 2.49. The highest BCUT2D eigenvalue weighted by atomic mass is 16.2. The van der Waals surface area contributed by atoms with E-state index in [4.69, 9.17) is 5.73 Å². The molecule has 1 aromatic heterocycles. The van der Waals surface area contributed by atoms with Crippen LogP contribution in [0.5, 0.6) is 0 Å². The second-order valence-corrected chi connectivity index (χ2v) is 5.81. The molecule has 3 atom stereocenters. The maximum atomic E-state index is 12.8. The van der Waals surface area contributed by atoms with Gasteiger partial charge >= 0.3 is 0 Å². The third-order valence-corrected chi connectivity index (χ3v) is 4.60. The quantitative estimate of drug-likeness (QED) is 0.875. The Morgan fingerprint density at radius 1 is 1.33 bits per heavy atom. The molecule has 6 nitrogen and oxygen atoms in total. The van der Waals surface area contributed by atoms with E-state index in [0.717, 1.165) is 12.1 Å². The highest BCUT2D eigenvalue weighted by Gasteiger charge is 2.53. The number of carbonyl (C=O) groups excluding carboxylic acids is 1. The molecule has 2 heterocycles. The summed E-state index contributed by atoms with van der Waals surface area (Å²) in [5.74, 6) is 1.16. The topological polar surface area (TPSA) is 87.9 Å². The van der Waals surface area contributed by atoms with Gasteiger partial charge in [0.25, 0.3) is 5.91 Å². The minimum atomic E-state index is -0.0646. The number of benzene rings is 1. The number of nitrogens with one attached hydrogen (secondary N) is 1. The molecule has 21 heavy (non-hydrogen) atoms. The molecule has 6 heteroatoms. The Balaban J connectivity index is 1.65. The lowest BCUT2D eigenvalue weighted by Gasteiger charge is -2.25. The normalized spacial score (nSPS) is 26.7. The molecule has 0 unspecified atom stereocenters. The summed E-state index contributed by atoms with van der Waals surface area (Å²) in [7, 11) is 0. The maximum absolute atomic E-state index is 12.8. The van der Waals surface area contributed by atoms with E-state index >= 15 is 0 Å². The van der Waals surface area contributed by atoms with Gasteiger partial charge < -0.3 is 10.6 Å². The number of piperidine rings is 1. The van der Waals surface area contributed by atoms with Crippen LogP contribution in [0.1, 0.15) is 16.9 Å². The number of likely N-dealkylation sites (tertiary alicyclic amines) is 1. The van der Waals surface area contributed by atoms with Crippen molar-refractivity contribution in [2.24, 2.45) is 17.6 Å². The number of carbonyl (C=O) groups is 1. The molecule has 0 bridgehead atoms. The minimum absolute atomic E-state index is 0.0646. The molecule has 2 aromatic rings. The van der Waals surface area contributed by atoms with Crippen LogP contribution in [0.2, 0.25) is 0 Å². The molecular weight excluding hydrogens is 266 g/mol. The van der Waals surface area contributed by atoms with Gasteiger partial charge in [0, 0.05) is 24.7 Å². The molecule has 0 radical (unpaired) electrons. The summed E-state index contributed by atoms with van der Waals surface area (Å²) in [6.07, 6.45) is 1.20. The molecule has 2 aliphatic rings. The van der Waals surface area contributed by atoms with E-state index in [0.29, 0.717) is 29.8 Å². The van der Waals surface area contributed by atoms with Gasteiger partial charge in [0.1, 0.15) is 5.69 Å². The van der Waals surface area contributed by atoms with Crippen molar-refractivity contribution in [1.29, 1.82) is 0 Å². The molecule has 1 aromatic carbocycles. The van der Waals surface area contributed by atoms with E-state index in [9.17, 15) is 4.79 Å². The van der Waals surface area contributed by atoms with Crippen molar-refractivity contribution in [3.05, 3.63) is 36.0 Å². The van der Waals surface area contributed by atoms with Crippen LogP contribution < -0.4 is 5.73 Å². The van der Waals surface area contributed by atoms with Crippen molar-refractivity contribution in [2.75, 3.05) is 13.1 Å². The molecular formula is C15H17N5O. The lowest BCUT2D eigenvalue weighted by Crippen LogP contribution is -2.43. The molecule has 4 rings (SSSR count). The number of rotatable bonds is 3. The van der Waals surface area contributed by atoms with Gasteiger partial charge in [0.05, 0.1) is 0 Å². The average molecular weight is 283 g/mol. The molecule has 1 saturated carbocycles. The summed E-state index contributed by atoms with van der Waals surface area (Å²) < 4.78 is 0. The minimum Gasteiger partial charge on any atom is -0.332 e. The van der Waals surface area contributed by atoms with Gasteiger partial charge in [0.2, 0.25) is 0 Å². The van der Waals surface area contributed by atoms with Crippen LogP contribution in [-0.4, -0.2) is 45.3 Å². The van der Waals surface area contributed by atoms with Crippen LogP contribution in [0.25, 0.3) is 11.3 Å². The Morgan fingerprint density at radius 2 is 2.14 bits per heavy atom. The number of fused-ring (bicyclic) bond motifs is 1. The van der Waals surface area contributed by atoms with E-state index in [1.165, 1.54) is 6.42 Å². The van der Waals surface area contributed by atoms with Crippen molar-refractivity contribution >= 4 is 5.91 Å². The molecule has 3 N–H and O–H groups in total. The average Bonchev–Trinajstić information content (AvgIpc) is 3.00. The molecule has 2 fully saturated rings. The predicted octanol–water partition coefficient (Wildman–Crippen LogP) is 0.891. The highest BCUT2D eigenvalue weighted by molar-refractivity contribution is 5.98. The number of H-pyrrole nitrogens is 1. The van der Waals surface area contributed by atoms with Crippen LogP contribution in [0.3, 0.4) is 0 Å². The number of hydrogen-bond acceptors (Lipinski definition) is 4. The van der Waals surface area contributed by atoms with Crippen molar-refractivity contribution in [3.8, 4) is 11.3 Å². The van der Waals surface area contributed by atoms with E-state index in [1.54, 1.807) is 0 Å². The molecule has 1 amide bonds. The fourth-order valence-corrected chi connectivity index (χ4v) is 3.42. The van der Waals surface area contributed by atoms with Crippen LogP contribution in [0.4, 0.5) is 0 Å². The lowest BCUT2D eigenvalue weighted by atomic mass is 10.1. The van der Waals surface area contributed by atoms with Gasteiger partial charge in [0.15, 0.2) is 5.69 Å². The fourth-order valence-electron chi connectivity index (χ4n) is 3.42. The first-order chi connectivity index (χ1) is 10.3. The van der Waals surface area contributed by atoms with Gasteiger partial charge in [-0.2, -0.15) is 15.4 Å². The Kier molecular flexibility index (Phi) is 2.78. The standard InChI is InChI=1S/C15H17N5O/c16-7-12-11-6-10(11)8-20(12)15(21)14-13(17-19-18-14)9-4-2-1-3-5-9/h1-5,10-12H,6-8,16H2,(H,17,18,19)/t10-,11-,12-/m1/s1. The van der Waals surface area contributed by atoms with Crippen LogP contribution >= 0.6 is 0 Å². The van der Waals surface area contributed by atoms with Gasteiger partial charge in [-0.1, -0.05) is 30.3 Å². The number of amides is 1. The Labute approximate surface area is 122 Å². The van der Waals surface area contributed by atoms with E-state index < -0.39 is 0 Å². The maximum Gasteiger partial charge on any atom is 0.277 e. The zero-order chi connectivity index (χ0) is 14.4. The first-order valence-electron chi connectivity index (χ1n) is 7.27. The Morgan fingerprint density at radius 3 is 2.90 bits per heavy atom. The van der Waals surface area contributed by atoms with Gasteiger partial charge in [-0.3, -0.25) is 4.79 Å². The molecule has 1 aliphatic carbocycles. The molecule has 108 valence electrons. The number of aromatic nitrogens is 3. The summed E-state index contributed by atoms with van der Waals surface area (Å²) in [6.45, 7) is 1.32. The first kappa shape index (κ1) is 12.5. The number of nitrogens with two attached hydrogens (primary N) is 1. The Bertz CT molecular complexity index is 668. The first-order valence-corrected chi connectivity index (χ1v) is 7.27. The third kappa shape index (κ3) is 1.94. The molecule has 1 saturated heterocycles. The van der Waals surface area contributed by atoms with Gasteiger partial charge in [-0.05, 0) is 18.3 Å². The lowest BCUT2D eigenvalue weighted by molar-refractivity contribution is 0.0707. The molecule has 0 spiro atoms. The summed E-state index contributed by atoms with van der Waals surface area (Å²) in [6, 6.07) is 9.79. The number of nitrogens with zero attached hydrogens (tertiary/aromatic N) is 3. The van der Waals surface area contributed by atoms with E-state index in [1.807, 2.05) is 35.2 Å². The van der Waals surface area contributed by atoms with Gasteiger partial charge in [-0.15, -0.1) is 0 Å². The second kappa shape index (κ2) is 4.66. The second-order valence-electron chi connectivity index (χ2n) is 5.81. The summed E-state index contributed by atoms with van der Waals surface area (Å²) in [5, 5.41) is 10.8. The summed E-state index contributed by atoms with van der Waals surface area (Å²) >= 11 is 0. The van der Waals surface area contributed by atoms with E-state index in [-0.39, 0.29) is 11.9 Å². The smallest absolute Gasteiger partial charge is 0.277 e. The monoisotopic (exact) mass is 283 g/mol. The number of aromatic amines is 1. The zero-order valence-electron chi connectivity index (χ0n) is 11.6. The SMILES string of the molecule is NC[C@@H]1[C@@H]2C[C@@H]2CN1C(=O)c1n[nH]nc1-c1ccccc1. The van der Waals surface area contributed by atoms with Crippen LogP contribution in [0, 0.1) is 11.8 Å². The zero-order valence-corrected chi connectivity index (χ0v) is 11.6. The van der Waals surface area contributed by atoms with Crippen molar-refractivity contribution < 1.29 is 4.79 Å². The Hall–Kier alpha value is -2.21. The van der Waals surface area contributed by atoms with Crippen LogP contribution in [-0.2, 0) is 0 Å². The molecule has 1 aliphatic heterocycles. The van der Waals surface area contributed by atoms with Gasteiger partial charge in [-0.25, -0.2) is 0 Å². The number of hydrogen-bond donors (Lipinski definition) is 2. The third-order valence-electron chi connectivity index (χ3n) is 4.60.